The maximum absolute atomic E-state index is 12.4. The van der Waals surface area contributed by atoms with E-state index in [1.54, 1.807) is 19.2 Å². The minimum atomic E-state index is 0.0524. The second kappa shape index (κ2) is 9.19. The van der Waals surface area contributed by atoms with Gasteiger partial charge >= 0.3 is 0 Å². The van der Waals surface area contributed by atoms with E-state index >= 15 is 0 Å². The Morgan fingerprint density at radius 2 is 1.97 bits per heavy atom. The number of ether oxygens (including phenoxy) is 1. The van der Waals surface area contributed by atoms with Gasteiger partial charge in [-0.1, -0.05) is 35.9 Å². The lowest BCUT2D eigenvalue weighted by molar-refractivity contribution is -0.116. The molecule has 154 valence electrons. The van der Waals surface area contributed by atoms with Crippen molar-refractivity contribution in [3.05, 3.63) is 58.6 Å². The predicted octanol–water partition coefficient (Wildman–Crippen LogP) is 4.95. The number of methoxy groups -OCH3 is 1. The van der Waals surface area contributed by atoms with Gasteiger partial charge < -0.3 is 10.1 Å². The Bertz CT molecular complexity index is 845. The molecule has 0 saturated carbocycles. The molecule has 0 bridgehead atoms. The van der Waals surface area contributed by atoms with E-state index in [0.717, 1.165) is 18.7 Å². The molecule has 0 radical (unpaired) electrons. The third-order valence-electron chi connectivity index (χ3n) is 6.31. The lowest BCUT2D eigenvalue weighted by atomic mass is 9.92. The highest BCUT2D eigenvalue weighted by Crippen LogP contribution is 2.30. The van der Waals surface area contributed by atoms with Crippen molar-refractivity contribution in [1.82, 2.24) is 4.90 Å². The SMILES string of the molecule is COc1ccc(NC(=O)CCC2CCCN(C3Cc4ccccc4C3)C2)cc1Cl. The Kier molecular flexibility index (Phi) is 6.41. The zero-order valence-corrected chi connectivity index (χ0v) is 17.8. The molecule has 1 amide bonds. The molecule has 1 saturated heterocycles. The largest absolute Gasteiger partial charge is 0.495 e. The number of fused-ring (bicyclic) bond motifs is 1. The number of hydrogen-bond acceptors (Lipinski definition) is 3. The van der Waals surface area contributed by atoms with E-state index in [1.807, 2.05) is 6.07 Å². The van der Waals surface area contributed by atoms with Crippen LogP contribution in [-0.2, 0) is 17.6 Å². The first-order valence-corrected chi connectivity index (χ1v) is 10.9. The van der Waals surface area contributed by atoms with Crippen LogP contribution in [0.4, 0.5) is 5.69 Å². The van der Waals surface area contributed by atoms with Gasteiger partial charge in [-0.25, -0.2) is 0 Å². The number of halogens is 1. The quantitative estimate of drug-likeness (QED) is 0.730. The van der Waals surface area contributed by atoms with Gasteiger partial charge in [-0.2, -0.15) is 0 Å². The highest BCUT2D eigenvalue weighted by atomic mass is 35.5. The zero-order valence-electron chi connectivity index (χ0n) is 17.0. The fraction of sp³-hybridized carbons (Fsp3) is 0.458. The number of likely N-dealkylation sites (tertiary alicyclic amines) is 1. The van der Waals surface area contributed by atoms with Gasteiger partial charge in [0.15, 0.2) is 0 Å². The number of carbonyl (C=O) groups is 1. The van der Waals surface area contributed by atoms with Gasteiger partial charge in [0, 0.05) is 24.7 Å². The van der Waals surface area contributed by atoms with Crippen molar-refractivity contribution >= 4 is 23.2 Å². The molecule has 1 unspecified atom stereocenters. The van der Waals surface area contributed by atoms with E-state index in [2.05, 4.69) is 34.5 Å². The van der Waals surface area contributed by atoms with Crippen molar-refractivity contribution < 1.29 is 9.53 Å². The summed E-state index contributed by atoms with van der Waals surface area (Å²) in [5.41, 5.74) is 3.74. The van der Waals surface area contributed by atoms with Crippen LogP contribution in [-0.4, -0.2) is 37.0 Å². The smallest absolute Gasteiger partial charge is 0.224 e. The maximum atomic E-state index is 12.4. The summed E-state index contributed by atoms with van der Waals surface area (Å²) >= 11 is 6.14. The summed E-state index contributed by atoms with van der Waals surface area (Å²) in [4.78, 5) is 15.1. The third-order valence-corrected chi connectivity index (χ3v) is 6.61. The lowest BCUT2D eigenvalue weighted by Crippen LogP contribution is -2.43. The van der Waals surface area contributed by atoms with Crippen LogP contribution >= 0.6 is 11.6 Å². The molecule has 0 spiro atoms. The number of carbonyl (C=O) groups excluding carboxylic acids is 1. The first kappa shape index (κ1) is 20.2. The van der Waals surface area contributed by atoms with Crippen LogP contribution in [0.5, 0.6) is 5.75 Å². The molecule has 29 heavy (non-hydrogen) atoms. The molecule has 4 rings (SSSR count). The number of amides is 1. The molecule has 1 N–H and O–H groups in total. The van der Waals surface area contributed by atoms with E-state index < -0.39 is 0 Å². The minimum absolute atomic E-state index is 0.0524. The summed E-state index contributed by atoms with van der Waals surface area (Å²) in [6.07, 6.45) is 6.27. The van der Waals surface area contributed by atoms with Crippen molar-refractivity contribution in [2.75, 3.05) is 25.5 Å². The summed E-state index contributed by atoms with van der Waals surface area (Å²) in [7, 11) is 1.58. The third kappa shape index (κ3) is 4.93. The highest BCUT2D eigenvalue weighted by Gasteiger charge is 2.30. The van der Waals surface area contributed by atoms with Gasteiger partial charge in [0.1, 0.15) is 5.75 Å². The van der Waals surface area contributed by atoms with Gasteiger partial charge in [-0.05, 0) is 73.9 Å². The molecule has 4 nitrogen and oxygen atoms in total. The van der Waals surface area contributed by atoms with Crippen LogP contribution < -0.4 is 10.1 Å². The Balaban J connectivity index is 1.26. The van der Waals surface area contributed by atoms with Gasteiger partial charge in [0.05, 0.1) is 12.1 Å². The summed E-state index contributed by atoms with van der Waals surface area (Å²) in [5, 5.41) is 3.46. The van der Waals surface area contributed by atoms with Crippen LogP contribution in [0.15, 0.2) is 42.5 Å². The molecule has 1 heterocycles. The van der Waals surface area contributed by atoms with Crippen molar-refractivity contribution in [2.24, 2.45) is 5.92 Å². The summed E-state index contributed by atoms with van der Waals surface area (Å²) < 4.78 is 5.16. The maximum Gasteiger partial charge on any atom is 0.224 e. The Morgan fingerprint density at radius 3 is 2.66 bits per heavy atom. The molecule has 0 aromatic heterocycles. The van der Waals surface area contributed by atoms with E-state index in [4.69, 9.17) is 16.3 Å². The number of benzene rings is 2. The van der Waals surface area contributed by atoms with Crippen LogP contribution in [0.1, 0.15) is 36.8 Å². The number of rotatable bonds is 6. The van der Waals surface area contributed by atoms with Crippen LogP contribution in [0, 0.1) is 5.92 Å². The second-order valence-electron chi connectivity index (χ2n) is 8.27. The van der Waals surface area contributed by atoms with Crippen molar-refractivity contribution in [1.29, 1.82) is 0 Å². The van der Waals surface area contributed by atoms with Crippen LogP contribution in [0.25, 0.3) is 0 Å². The van der Waals surface area contributed by atoms with Gasteiger partial charge in [0.2, 0.25) is 5.91 Å². The summed E-state index contributed by atoms with van der Waals surface area (Å²) in [5.74, 6) is 1.26. The van der Waals surface area contributed by atoms with E-state index in [9.17, 15) is 4.79 Å². The monoisotopic (exact) mass is 412 g/mol. The number of nitrogens with zero attached hydrogens (tertiary/aromatic N) is 1. The first-order valence-electron chi connectivity index (χ1n) is 10.6. The highest BCUT2D eigenvalue weighted by molar-refractivity contribution is 6.32. The van der Waals surface area contributed by atoms with Crippen LogP contribution in [0.3, 0.4) is 0 Å². The second-order valence-corrected chi connectivity index (χ2v) is 8.68. The fourth-order valence-electron chi connectivity index (χ4n) is 4.76. The summed E-state index contributed by atoms with van der Waals surface area (Å²) in [6.45, 7) is 2.30. The average Bonchev–Trinajstić information content (AvgIpc) is 3.17. The number of nitrogens with one attached hydrogen (secondary N) is 1. The number of piperidine rings is 1. The summed E-state index contributed by atoms with van der Waals surface area (Å²) in [6, 6.07) is 14.8. The number of hydrogen-bond donors (Lipinski definition) is 1. The van der Waals surface area contributed by atoms with Gasteiger partial charge in [0.25, 0.3) is 0 Å². The lowest BCUT2D eigenvalue weighted by Gasteiger charge is -2.36. The molecule has 2 aliphatic rings. The molecular weight excluding hydrogens is 384 g/mol. The Labute approximate surface area is 178 Å². The number of anilines is 1. The molecule has 5 heteroatoms. The first-order chi connectivity index (χ1) is 14.1. The predicted molar refractivity (Wildman–Crippen MR) is 118 cm³/mol. The van der Waals surface area contributed by atoms with E-state index in [1.165, 1.54) is 43.4 Å². The minimum Gasteiger partial charge on any atom is -0.495 e. The van der Waals surface area contributed by atoms with Crippen molar-refractivity contribution in [3.8, 4) is 5.75 Å². The van der Waals surface area contributed by atoms with Gasteiger partial charge in [-0.3, -0.25) is 9.69 Å². The molecule has 1 aliphatic heterocycles. The molecular formula is C24H29ClN2O2. The van der Waals surface area contributed by atoms with Crippen molar-refractivity contribution in [3.63, 3.8) is 0 Å². The van der Waals surface area contributed by atoms with E-state index in [-0.39, 0.29) is 5.91 Å². The average molecular weight is 413 g/mol. The van der Waals surface area contributed by atoms with Gasteiger partial charge in [-0.15, -0.1) is 0 Å². The Hall–Kier alpha value is -2.04. The topological polar surface area (TPSA) is 41.6 Å². The standard InChI is InChI=1S/C24H29ClN2O2/c1-29-23-10-9-20(15-22(23)25)26-24(28)11-8-17-5-4-12-27(16-17)21-13-18-6-2-3-7-19(18)14-21/h2-3,6-7,9-10,15,17,21H,4-5,8,11-14,16H2,1H3,(H,26,28). The molecule has 1 aliphatic carbocycles. The fourth-order valence-corrected chi connectivity index (χ4v) is 5.02. The molecule has 1 fully saturated rings. The molecule has 2 aromatic rings. The van der Waals surface area contributed by atoms with Crippen molar-refractivity contribution in [2.45, 2.75) is 44.6 Å². The normalized spacial score (nSPS) is 19.7. The van der Waals surface area contributed by atoms with E-state index in [0.29, 0.717) is 29.2 Å². The van der Waals surface area contributed by atoms with Crippen LogP contribution in [0.2, 0.25) is 5.02 Å². The molecule has 1 atom stereocenters. The Morgan fingerprint density at radius 1 is 1.21 bits per heavy atom. The zero-order chi connectivity index (χ0) is 20.2. The molecule has 2 aromatic carbocycles.